The van der Waals surface area contributed by atoms with Gasteiger partial charge in [0.25, 0.3) is 0 Å². The fraction of sp³-hybridized carbons (Fsp3) is 0.353. The van der Waals surface area contributed by atoms with Crippen LogP contribution in [0.15, 0.2) is 36.7 Å². The molecule has 1 saturated heterocycles. The maximum Gasteiger partial charge on any atom is 0.231 e. The van der Waals surface area contributed by atoms with Gasteiger partial charge < -0.3 is 19.7 Å². The summed E-state index contributed by atoms with van der Waals surface area (Å²) in [6.45, 7) is 1.72. The molecule has 7 nitrogen and oxygen atoms in total. The van der Waals surface area contributed by atoms with E-state index < -0.39 is 0 Å². The molecule has 4 rings (SSSR count). The summed E-state index contributed by atoms with van der Waals surface area (Å²) in [6, 6.07) is 7.22. The third-order valence-electron chi connectivity index (χ3n) is 4.27. The molecule has 1 N–H and O–H groups in total. The molecule has 3 heterocycles. The Hall–Kier alpha value is -2.83. The number of piperidine rings is 1. The van der Waals surface area contributed by atoms with Crippen molar-refractivity contribution >= 4 is 17.5 Å². The normalized spacial score (nSPS) is 19.2. The van der Waals surface area contributed by atoms with E-state index in [1.165, 1.54) is 0 Å². The second kappa shape index (κ2) is 6.35. The number of hydrogen-bond donors (Lipinski definition) is 1. The van der Waals surface area contributed by atoms with E-state index in [9.17, 15) is 4.79 Å². The molecule has 2 aromatic rings. The number of nitrogens with one attached hydrogen (secondary N) is 1. The average molecular weight is 326 g/mol. The highest BCUT2D eigenvalue weighted by molar-refractivity contribution is 5.93. The molecule has 2 aliphatic heterocycles. The Morgan fingerprint density at radius 3 is 2.92 bits per heavy atom. The summed E-state index contributed by atoms with van der Waals surface area (Å²) < 4.78 is 10.6. The molecule has 0 unspecified atom stereocenters. The number of anilines is 2. The first-order chi connectivity index (χ1) is 11.8. The van der Waals surface area contributed by atoms with Gasteiger partial charge in [0.15, 0.2) is 11.5 Å². The second-order valence-electron chi connectivity index (χ2n) is 5.89. The van der Waals surface area contributed by atoms with Crippen LogP contribution in [0.1, 0.15) is 12.8 Å². The first-order valence-corrected chi connectivity index (χ1v) is 8.02. The van der Waals surface area contributed by atoms with Gasteiger partial charge in [0.1, 0.15) is 0 Å². The van der Waals surface area contributed by atoms with Crippen molar-refractivity contribution < 1.29 is 14.3 Å². The molecule has 24 heavy (non-hydrogen) atoms. The molecule has 124 valence electrons. The number of ether oxygens (including phenoxy) is 2. The van der Waals surface area contributed by atoms with Gasteiger partial charge in [-0.3, -0.25) is 4.79 Å². The lowest BCUT2D eigenvalue weighted by molar-refractivity contribution is -0.120. The fourth-order valence-electron chi connectivity index (χ4n) is 3.05. The Labute approximate surface area is 139 Å². The molecule has 7 heteroatoms. The van der Waals surface area contributed by atoms with Gasteiger partial charge in [0.05, 0.1) is 5.92 Å². The van der Waals surface area contributed by atoms with Gasteiger partial charge in [0, 0.05) is 37.2 Å². The van der Waals surface area contributed by atoms with Crippen LogP contribution in [0.4, 0.5) is 11.6 Å². The number of rotatable bonds is 3. The molecule has 1 aromatic carbocycles. The Morgan fingerprint density at radius 1 is 1.21 bits per heavy atom. The van der Waals surface area contributed by atoms with Crippen molar-refractivity contribution in [2.24, 2.45) is 5.92 Å². The van der Waals surface area contributed by atoms with E-state index in [1.54, 1.807) is 24.5 Å². The molecule has 0 aliphatic carbocycles. The minimum Gasteiger partial charge on any atom is -0.454 e. The minimum atomic E-state index is -0.0898. The van der Waals surface area contributed by atoms with E-state index in [1.807, 2.05) is 12.1 Å². The first kappa shape index (κ1) is 14.7. The van der Waals surface area contributed by atoms with Crippen LogP contribution in [0, 0.1) is 5.92 Å². The molecule has 1 aromatic heterocycles. The Morgan fingerprint density at radius 2 is 2.04 bits per heavy atom. The summed E-state index contributed by atoms with van der Waals surface area (Å²) in [5.41, 5.74) is 0.720. The Kier molecular flexibility index (Phi) is 3.90. The zero-order chi connectivity index (χ0) is 16.4. The summed E-state index contributed by atoms with van der Waals surface area (Å²) in [5, 5.41) is 2.97. The molecule has 1 atom stereocenters. The van der Waals surface area contributed by atoms with Crippen molar-refractivity contribution in [3.05, 3.63) is 36.7 Å². The van der Waals surface area contributed by atoms with Gasteiger partial charge in [-0.15, -0.1) is 0 Å². The molecule has 0 saturated carbocycles. The maximum absolute atomic E-state index is 12.6. The Bertz CT molecular complexity index is 738. The van der Waals surface area contributed by atoms with Crippen molar-refractivity contribution in [3.63, 3.8) is 0 Å². The number of carbonyl (C=O) groups excluding carboxylic acids is 1. The van der Waals surface area contributed by atoms with Gasteiger partial charge in [-0.25, -0.2) is 9.97 Å². The summed E-state index contributed by atoms with van der Waals surface area (Å²) in [4.78, 5) is 23.2. The van der Waals surface area contributed by atoms with Crippen molar-refractivity contribution in [1.82, 2.24) is 9.97 Å². The zero-order valence-corrected chi connectivity index (χ0v) is 13.1. The smallest absolute Gasteiger partial charge is 0.231 e. The van der Waals surface area contributed by atoms with Gasteiger partial charge in [0.2, 0.25) is 18.6 Å². The highest BCUT2D eigenvalue weighted by atomic mass is 16.7. The molecule has 0 bridgehead atoms. The van der Waals surface area contributed by atoms with E-state index in [0.717, 1.165) is 25.1 Å². The number of fused-ring (bicyclic) bond motifs is 1. The quantitative estimate of drug-likeness (QED) is 0.930. The SMILES string of the molecule is O=C(Nc1ccc2c(c1)OCO2)[C@@H]1CCCN(c2ncccn2)C1. The third kappa shape index (κ3) is 2.97. The van der Waals surface area contributed by atoms with Crippen LogP contribution in [0.3, 0.4) is 0 Å². The number of hydrogen-bond acceptors (Lipinski definition) is 6. The number of benzene rings is 1. The van der Waals surface area contributed by atoms with Crippen LogP contribution in [0.5, 0.6) is 11.5 Å². The Balaban J connectivity index is 1.42. The van der Waals surface area contributed by atoms with Crippen molar-refractivity contribution in [2.75, 3.05) is 30.1 Å². The number of aromatic nitrogens is 2. The lowest BCUT2D eigenvalue weighted by atomic mass is 9.97. The molecular weight excluding hydrogens is 308 g/mol. The molecule has 0 radical (unpaired) electrons. The van der Waals surface area contributed by atoms with E-state index in [4.69, 9.17) is 9.47 Å². The summed E-state index contributed by atoms with van der Waals surface area (Å²) >= 11 is 0. The highest BCUT2D eigenvalue weighted by Gasteiger charge is 2.27. The maximum atomic E-state index is 12.6. The predicted molar refractivity (Wildman–Crippen MR) is 88.2 cm³/mol. The molecule has 1 amide bonds. The predicted octanol–water partition coefficient (Wildman–Crippen LogP) is 2.06. The van der Waals surface area contributed by atoms with E-state index >= 15 is 0 Å². The van der Waals surface area contributed by atoms with Crippen molar-refractivity contribution in [3.8, 4) is 11.5 Å². The van der Waals surface area contributed by atoms with E-state index in [2.05, 4.69) is 20.2 Å². The summed E-state index contributed by atoms with van der Waals surface area (Å²) in [6.07, 6.45) is 5.24. The van der Waals surface area contributed by atoms with Gasteiger partial charge in [-0.2, -0.15) is 0 Å². The van der Waals surface area contributed by atoms with E-state index in [-0.39, 0.29) is 18.6 Å². The van der Waals surface area contributed by atoms with Crippen LogP contribution in [-0.4, -0.2) is 35.8 Å². The summed E-state index contributed by atoms with van der Waals surface area (Å²) in [5.74, 6) is 1.97. The summed E-state index contributed by atoms with van der Waals surface area (Å²) in [7, 11) is 0. The zero-order valence-electron chi connectivity index (χ0n) is 13.1. The first-order valence-electron chi connectivity index (χ1n) is 8.02. The third-order valence-corrected chi connectivity index (χ3v) is 4.27. The average Bonchev–Trinajstić information content (AvgIpc) is 3.10. The number of amides is 1. The topological polar surface area (TPSA) is 76.6 Å². The monoisotopic (exact) mass is 326 g/mol. The van der Waals surface area contributed by atoms with Crippen LogP contribution in [0.2, 0.25) is 0 Å². The number of carbonyl (C=O) groups is 1. The van der Waals surface area contributed by atoms with Gasteiger partial charge >= 0.3 is 0 Å². The van der Waals surface area contributed by atoms with Crippen molar-refractivity contribution in [1.29, 1.82) is 0 Å². The van der Waals surface area contributed by atoms with Crippen LogP contribution >= 0.6 is 0 Å². The molecular formula is C17H18N4O3. The second-order valence-corrected chi connectivity index (χ2v) is 5.89. The van der Waals surface area contributed by atoms with Gasteiger partial charge in [-0.1, -0.05) is 0 Å². The van der Waals surface area contributed by atoms with Crippen molar-refractivity contribution in [2.45, 2.75) is 12.8 Å². The molecule has 0 spiro atoms. The standard InChI is InChI=1S/C17H18N4O3/c22-16(20-13-4-5-14-15(9-13)24-11-23-14)12-3-1-8-21(10-12)17-18-6-2-7-19-17/h2,4-7,9,12H,1,3,8,10-11H2,(H,20,22)/t12-/m1/s1. The largest absolute Gasteiger partial charge is 0.454 e. The molecule has 1 fully saturated rings. The lowest BCUT2D eigenvalue weighted by Crippen LogP contribution is -2.41. The van der Waals surface area contributed by atoms with Crippen LogP contribution in [0.25, 0.3) is 0 Å². The van der Waals surface area contributed by atoms with Crippen LogP contribution in [-0.2, 0) is 4.79 Å². The molecule has 2 aliphatic rings. The fourth-order valence-corrected chi connectivity index (χ4v) is 3.05. The van der Waals surface area contributed by atoms with Crippen LogP contribution < -0.4 is 19.7 Å². The number of nitrogens with zero attached hydrogens (tertiary/aromatic N) is 3. The van der Waals surface area contributed by atoms with Gasteiger partial charge in [-0.05, 0) is 31.0 Å². The lowest BCUT2D eigenvalue weighted by Gasteiger charge is -2.31. The van der Waals surface area contributed by atoms with E-state index in [0.29, 0.717) is 24.0 Å². The minimum absolute atomic E-state index is 0.00879. The highest BCUT2D eigenvalue weighted by Crippen LogP contribution is 2.34.